The molecule has 25 heavy (non-hydrogen) atoms. The van der Waals surface area contributed by atoms with E-state index >= 15 is 0 Å². The second kappa shape index (κ2) is 7.08. The smallest absolute Gasteiger partial charge is 0.305 e. The Labute approximate surface area is 149 Å². The predicted octanol–water partition coefficient (Wildman–Crippen LogP) is 3.30. The molecule has 11 heteroatoms. The fraction of sp³-hybridized carbons (Fsp3) is 0.214. The van der Waals surface area contributed by atoms with Gasteiger partial charge in [-0.25, -0.2) is 18.4 Å². The summed E-state index contributed by atoms with van der Waals surface area (Å²) in [6, 6.07) is 2.60. The fourth-order valence-corrected chi connectivity index (χ4v) is 3.37. The summed E-state index contributed by atoms with van der Waals surface area (Å²) in [6.45, 7) is 1.40. The Balaban J connectivity index is 2.40. The Hall–Kier alpha value is -2.01. The first-order valence-electron chi connectivity index (χ1n) is 6.77. The summed E-state index contributed by atoms with van der Waals surface area (Å²) in [4.78, 5) is 19.4. The van der Waals surface area contributed by atoms with Crippen LogP contribution in [0.5, 0.6) is 0 Å². The Morgan fingerprint density at radius 3 is 2.56 bits per heavy atom. The number of hydrogen-bond donors (Lipinski definition) is 1. The molecule has 0 saturated heterocycles. The van der Waals surface area contributed by atoms with E-state index in [9.17, 15) is 26.4 Å². The van der Waals surface area contributed by atoms with Gasteiger partial charge in [0.1, 0.15) is 11.5 Å². The Bertz CT molecular complexity index is 917. The highest BCUT2D eigenvalue weighted by atomic mass is 79.9. The lowest BCUT2D eigenvalue weighted by molar-refractivity contribution is -0.137. The number of anilines is 1. The lowest BCUT2D eigenvalue weighted by Crippen LogP contribution is -2.20. The lowest BCUT2D eigenvalue weighted by Gasteiger charge is -2.11. The van der Waals surface area contributed by atoms with Crippen molar-refractivity contribution in [3.05, 3.63) is 46.3 Å². The summed E-state index contributed by atoms with van der Waals surface area (Å²) >= 11 is 3.07. The number of rotatable bonds is 4. The van der Waals surface area contributed by atoms with Crippen LogP contribution in [-0.2, 0) is 16.0 Å². The van der Waals surface area contributed by atoms with E-state index in [1.807, 2.05) is 0 Å². The van der Waals surface area contributed by atoms with Crippen LogP contribution in [0.4, 0.5) is 19.0 Å². The highest BCUT2D eigenvalue weighted by Crippen LogP contribution is 2.30. The molecule has 0 unspecified atom stereocenters. The van der Waals surface area contributed by atoms with E-state index in [0.29, 0.717) is 10.5 Å². The average Bonchev–Trinajstić information content (AvgIpc) is 2.54. The molecule has 2 heterocycles. The van der Waals surface area contributed by atoms with Gasteiger partial charge in [-0.15, -0.1) is 0 Å². The summed E-state index contributed by atoms with van der Waals surface area (Å²) in [5, 5.41) is 2.13. The van der Waals surface area contributed by atoms with Crippen LogP contribution in [0.1, 0.15) is 23.0 Å². The highest BCUT2D eigenvalue weighted by Gasteiger charge is 2.31. The summed E-state index contributed by atoms with van der Waals surface area (Å²) in [7, 11) is -3.77. The zero-order valence-electron chi connectivity index (χ0n) is 12.6. The number of pyridine rings is 2. The molecule has 2 aromatic heterocycles. The van der Waals surface area contributed by atoms with Crippen molar-refractivity contribution in [2.75, 3.05) is 11.1 Å². The van der Waals surface area contributed by atoms with E-state index in [2.05, 4.69) is 31.2 Å². The first-order valence-corrected chi connectivity index (χ1v) is 9.22. The van der Waals surface area contributed by atoms with Crippen LogP contribution in [-0.4, -0.2) is 30.0 Å². The van der Waals surface area contributed by atoms with E-state index in [-0.39, 0.29) is 16.5 Å². The number of aromatic nitrogens is 2. The van der Waals surface area contributed by atoms with Crippen LogP contribution in [0.2, 0.25) is 0 Å². The molecule has 0 fully saturated rings. The molecule has 2 aromatic rings. The largest absolute Gasteiger partial charge is 0.416 e. The number of carbonyl (C=O) groups excluding carboxylic acids is 1. The van der Waals surface area contributed by atoms with Gasteiger partial charge in [0.25, 0.3) is 5.91 Å². The minimum absolute atomic E-state index is 0.271. The van der Waals surface area contributed by atoms with Crippen LogP contribution >= 0.6 is 15.9 Å². The first-order chi connectivity index (χ1) is 11.5. The molecule has 1 N–H and O–H groups in total. The van der Waals surface area contributed by atoms with Gasteiger partial charge in [-0.05, 0) is 34.1 Å². The van der Waals surface area contributed by atoms with Gasteiger partial charge in [0, 0.05) is 16.9 Å². The first kappa shape index (κ1) is 19.3. The van der Waals surface area contributed by atoms with Crippen LogP contribution in [0.25, 0.3) is 0 Å². The molecule has 0 saturated carbocycles. The van der Waals surface area contributed by atoms with Crippen molar-refractivity contribution in [3.63, 3.8) is 0 Å². The number of nitrogens with one attached hydrogen (secondary N) is 1. The van der Waals surface area contributed by atoms with Crippen molar-refractivity contribution in [2.45, 2.75) is 18.0 Å². The Morgan fingerprint density at radius 1 is 1.28 bits per heavy atom. The maximum Gasteiger partial charge on any atom is 0.416 e. The van der Waals surface area contributed by atoms with Gasteiger partial charge in [-0.3, -0.25) is 4.79 Å². The molecule has 0 aliphatic carbocycles. The number of amides is 1. The monoisotopic (exact) mass is 437 g/mol. The second-order valence-electron chi connectivity index (χ2n) is 4.79. The van der Waals surface area contributed by atoms with E-state index in [1.165, 1.54) is 19.2 Å². The zero-order chi connectivity index (χ0) is 18.8. The number of halogens is 4. The Morgan fingerprint density at radius 2 is 1.96 bits per heavy atom. The average molecular weight is 438 g/mol. The van der Waals surface area contributed by atoms with Crippen LogP contribution in [0, 0.1) is 0 Å². The van der Waals surface area contributed by atoms with E-state index in [1.54, 1.807) is 0 Å². The normalized spacial score (nSPS) is 12.0. The van der Waals surface area contributed by atoms with Crippen molar-refractivity contribution >= 4 is 37.5 Å². The fourth-order valence-electron chi connectivity index (χ4n) is 1.83. The molecular weight excluding hydrogens is 427 g/mol. The lowest BCUT2D eigenvalue weighted by atomic mass is 10.2. The number of nitrogens with zero attached hydrogens (tertiary/aromatic N) is 2. The molecule has 0 radical (unpaired) electrons. The number of hydrogen-bond acceptors (Lipinski definition) is 5. The molecule has 0 aliphatic heterocycles. The molecule has 6 nitrogen and oxygen atoms in total. The van der Waals surface area contributed by atoms with Crippen LogP contribution < -0.4 is 5.32 Å². The standard InChI is InChI=1S/C14H11BrF3N3O3S/c1-2-25(23,24)10-6-9(15)7-20-12(10)13(22)21-11-5-8(3-4-19-11)14(16,17)18/h3-7H,2H2,1H3,(H,19,21,22). The van der Waals surface area contributed by atoms with Gasteiger partial charge in [0.05, 0.1) is 16.2 Å². The molecule has 0 bridgehead atoms. The highest BCUT2D eigenvalue weighted by molar-refractivity contribution is 9.10. The number of sulfone groups is 1. The van der Waals surface area contributed by atoms with Crippen molar-refractivity contribution in [1.29, 1.82) is 0 Å². The maximum atomic E-state index is 12.7. The SMILES string of the molecule is CCS(=O)(=O)c1cc(Br)cnc1C(=O)Nc1cc(C(F)(F)F)ccn1. The van der Waals surface area contributed by atoms with E-state index in [0.717, 1.165) is 12.3 Å². The van der Waals surface area contributed by atoms with Crippen molar-refractivity contribution in [2.24, 2.45) is 0 Å². The molecule has 0 spiro atoms. The topological polar surface area (TPSA) is 89.0 Å². The number of alkyl halides is 3. The van der Waals surface area contributed by atoms with Gasteiger partial charge in [0.15, 0.2) is 9.84 Å². The van der Waals surface area contributed by atoms with Crippen molar-refractivity contribution in [1.82, 2.24) is 9.97 Å². The van der Waals surface area contributed by atoms with Gasteiger partial charge in [-0.1, -0.05) is 6.92 Å². The molecule has 0 atom stereocenters. The van der Waals surface area contributed by atoms with Gasteiger partial charge < -0.3 is 5.32 Å². The van der Waals surface area contributed by atoms with Gasteiger partial charge in [0.2, 0.25) is 0 Å². The maximum absolute atomic E-state index is 12.7. The molecule has 1 amide bonds. The minimum atomic E-state index is -4.60. The Kier molecular flexibility index (Phi) is 5.47. The summed E-state index contributed by atoms with van der Waals surface area (Å²) < 4.78 is 62.7. The van der Waals surface area contributed by atoms with Crippen LogP contribution in [0.15, 0.2) is 40.0 Å². The van der Waals surface area contributed by atoms with Crippen molar-refractivity contribution in [3.8, 4) is 0 Å². The van der Waals surface area contributed by atoms with Gasteiger partial charge >= 0.3 is 6.18 Å². The third kappa shape index (κ3) is 4.54. The second-order valence-corrected chi connectivity index (χ2v) is 7.95. The molecule has 0 aromatic carbocycles. The molecular formula is C14H11BrF3N3O3S. The minimum Gasteiger partial charge on any atom is -0.305 e. The van der Waals surface area contributed by atoms with Crippen LogP contribution in [0.3, 0.4) is 0 Å². The molecule has 0 aliphatic rings. The predicted molar refractivity (Wildman–Crippen MR) is 86.9 cm³/mol. The number of carbonyl (C=O) groups is 1. The summed E-state index contributed by atoms with van der Waals surface area (Å²) in [5.41, 5.74) is -1.42. The van der Waals surface area contributed by atoms with Crippen molar-refractivity contribution < 1.29 is 26.4 Å². The third-order valence-corrected chi connectivity index (χ3v) is 5.25. The summed E-state index contributed by atoms with van der Waals surface area (Å²) in [6.07, 6.45) is -2.50. The zero-order valence-corrected chi connectivity index (χ0v) is 15.0. The summed E-state index contributed by atoms with van der Waals surface area (Å²) in [5.74, 6) is -1.62. The molecule has 134 valence electrons. The van der Waals surface area contributed by atoms with Gasteiger partial charge in [-0.2, -0.15) is 13.2 Å². The molecule has 2 rings (SSSR count). The quantitative estimate of drug-likeness (QED) is 0.792. The van der Waals surface area contributed by atoms with E-state index in [4.69, 9.17) is 0 Å². The van der Waals surface area contributed by atoms with E-state index < -0.39 is 33.2 Å². The third-order valence-electron chi connectivity index (χ3n) is 3.08.